The summed E-state index contributed by atoms with van der Waals surface area (Å²) in [6, 6.07) is 30.9. The molecule has 0 saturated heterocycles. The zero-order valence-corrected chi connectivity index (χ0v) is 22.1. The predicted molar refractivity (Wildman–Crippen MR) is 154 cm³/mol. The molecule has 1 amide bonds. The molecule has 0 saturated carbocycles. The fourth-order valence-corrected chi connectivity index (χ4v) is 4.50. The van der Waals surface area contributed by atoms with Crippen molar-refractivity contribution in [2.24, 2.45) is 0 Å². The molecule has 0 atom stereocenters. The van der Waals surface area contributed by atoms with Crippen molar-refractivity contribution in [3.63, 3.8) is 0 Å². The zero-order valence-electron chi connectivity index (χ0n) is 22.1. The van der Waals surface area contributed by atoms with Crippen LogP contribution in [0.4, 0.5) is 11.5 Å². The fraction of sp³-hybridized carbons (Fsp3) is 0.161. The maximum absolute atomic E-state index is 13.1. The van der Waals surface area contributed by atoms with E-state index in [-0.39, 0.29) is 12.3 Å². The lowest BCUT2D eigenvalue weighted by Gasteiger charge is -2.25. The summed E-state index contributed by atoms with van der Waals surface area (Å²) < 4.78 is 0. The van der Waals surface area contributed by atoms with Gasteiger partial charge in [-0.3, -0.25) is 4.79 Å². The number of amides is 1. The minimum Gasteiger partial charge on any atom is -0.352 e. The molecule has 0 aliphatic carbocycles. The van der Waals surface area contributed by atoms with Crippen LogP contribution in [-0.4, -0.2) is 38.1 Å². The lowest BCUT2D eigenvalue weighted by atomic mass is 10.0. The van der Waals surface area contributed by atoms with Gasteiger partial charge in [-0.2, -0.15) is 10.5 Å². The van der Waals surface area contributed by atoms with Crippen LogP contribution in [0.5, 0.6) is 0 Å². The number of tetrazole rings is 1. The number of pyridine rings is 1. The van der Waals surface area contributed by atoms with Gasteiger partial charge in [0, 0.05) is 36.0 Å². The van der Waals surface area contributed by atoms with Gasteiger partial charge in [0.2, 0.25) is 11.7 Å². The second-order valence-corrected chi connectivity index (χ2v) is 9.32. The Bertz CT molecular complexity index is 1610. The number of nitriles is 1. The largest absolute Gasteiger partial charge is 0.352 e. The Labute approximate surface area is 232 Å². The average Bonchev–Trinajstić information content (AvgIpc) is 3.53. The van der Waals surface area contributed by atoms with E-state index in [1.54, 1.807) is 24.3 Å². The van der Waals surface area contributed by atoms with Crippen LogP contribution < -0.4 is 10.2 Å². The Morgan fingerprint density at radius 3 is 2.40 bits per heavy atom. The highest BCUT2D eigenvalue weighted by Crippen LogP contribution is 2.32. The van der Waals surface area contributed by atoms with E-state index in [4.69, 9.17) is 10.2 Å². The van der Waals surface area contributed by atoms with Crippen molar-refractivity contribution in [2.45, 2.75) is 26.3 Å². The highest BCUT2D eigenvalue weighted by atomic mass is 16.1. The van der Waals surface area contributed by atoms with E-state index in [1.165, 1.54) is 5.56 Å². The summed E-state index contributed by atoms with van der Waals surface area (Å²) in [4.78, 5) is 20.4. The molecular formula is C31H28N8O. The number of benzene rings is 3. The summed E-state index contributed by atoms with van der Waals surface area (Å²) in [6.07, 6.45) is 1.11. The number of aromatic nitrogens is 5. The number of hydrogen-bond acceptors (Lipinski definition) is 7. The van der Waals surface area contributed by atoms with Crippen LogP contribution in [0.2, 0.25) is 0 Å². The van der Waals surface area contributed by atoms with Crippen molar-refractivity contribution in [1.82, 2.24) is 25.6 Å². The minimum absolute atomic E-state index is 0.163. The number of nitrogens with one attached hydrogen (secondary N) is 2. The Morgan fingerprint density at radius 1 is 0.950 bits per heavy atom. The van der Waals surface area contributed by atoms with Crippen LogP contribution in [0.25, 0.3) is 22.6 Å². The predicted octanol–water partition coefficient (Wildman–Crippen LogP) is 5.40. The molecule has 0 bridgehead atoms. The summed E-state index contributed by atoms with van der Waals surface area (Å²) in [6.45, 7) is 3.60. The quantitative estimate of drug-likeness (QED) is 0.249. The smallest absolute Gasteiger partial charge is 0.228 e. The summed E-state index contributed by atoms with van der Waals surface area (Å²) in [7, 11) is 0. The van der Waals surface area contributed by atoms with Gasteiger partial charge < -0.3 is 10.2 Å². The summed E-state index contributed by atoms with van der Waals surface area (Å²) in [5.41, 5.74) is 5.47. The van der Waals surface area contributed by atoms with E-state index < -0.39 is 0 Å². The molecule has 3 aromatic carbocycles. The topological polar surface area (TPSA) is 123 Å². The fourth-order valence-electron chi connectivity index (χ4n) is 4.50. The standard InChI is InChI=1S/C31H28N8O/c1-2-16-39(21-24-8-4-3-5-9-24)29-19-25(33-30(40)17-22-12-14-23(20-32)15-13-22)18-28(34-29)26-10-6-7-11-27(26)31-35-37-38-36-31/h3-15,18-19H,2,16-17,21H2,1H3,(H,33,34,40)(H,35,36,37,38). The number of nitrogens with zero attached hydrogens (tertiary/aromatic N) is 6. The molecule has 2 aromatic heterocycles. The van der Waals surface area contributed by atoms with Crippen LogP contribution in [0.1, 0.15) is 30.0 Å². The van der Waals surface area contributed by atoms with E-state index >= 15 is 0 Å². The van der Waals surface area contributed by atoms with Gasteiger partial charge in [0.1, 0.15) is 5.82 Å². The summed E-state index contributed by atoms with van der Waals surface area (Å²) in [5, 5.41) is 26.7. The van der Waals surface area contributed by atoms with Gasteiger partial charge in [0.05, 0.1) is 23.7 Å². The van der Waals surface area contributed by atoms with Crippen molar-refractivity contribution >= 4 is 17.4 Å². The van der Waals surface area contributed by atoms with Crippen molar-refractivity contribution in [3.8, 4) is 28.7 Å². The van der Waals surface area contributed by atoms with E-state index in [0.29, 0.717) is 29.3 Å². The molecule has 9 nitrogen and oxygen atoms in total. The number of aromatic amines is 1. The summed E-state index contributed by atoms with van der Waals surface area (Å²) >= 11 is 0. The van der Waals surface area contributed by atoms with E-state index in [1.807, 2.05) is 54.6 Å². The van der Waals surface area contributed by atoms with Gasteiger partial charge in [-0.25, -0.2) is 4.98 Å². The van der Waals surface area contributed by atoms with Gasteiger partial charge >= 0.3 is 0 Å². The average molecular weight is 529 g/mol. The second kappa shape index (κ2) is 12.5. The first-order valence-corrected chi connectivity index (χ1v) is 13.1. The Hall–Kier alpha value is -5.36. The normalized spacial score (nSPS) is 10.6. The van der Waals surface area contributed by atoms with Gasteiger partial charge in [-0.1, -0.05) is 73.7 Å². The van der Waals surface area contributed by atoms with Gasteiger partial charge in [0.15, 0.2) is 0 Å². The van der Waals surface area contributed by atoms with E-state index in [9.17, 15) is 4.79 Å². The van der Waals surface area contributed by atoms with Gasteiger partial charge in [0.25, 0.3) is 0 Å². The molecule has 198 valence electrons. The minimum atomic E-state index is -0.163. The third-order valence-corrected chi connectivity index (χ3v) is 6.37. The first-order valence-electron chi connectivity index (χ1n) is 13.1. The van der Waals surface area contributed by atoms with Crippen LogP contribution >= 0.6 is 0 Å². The summed E-state index contributed by atoms with van der Waals surface area (Å²) in [5.74, 6) is 1.05. The first-order chi connectivity index (χ1) is 19.6. The van der Waals surface area contributed by atoms with Crippen LogP contribution in [-0.2, 0) is 17.8 Å². The number of hydrogen-bond donors (Lipinski definition) is 2. The Kier molecular flexibility index (Phi) is 8.18. The lowest BCUT2D eigenvalue weighted by molar-refractivity contribution is -0.115. The maximum atomic E-state index is 13.1. The number of anilines is 2. The first kappa shape index (κ1) is 26.3. The number of rotatable bonds is 10. The molecule has 0 spiro atoms. The SMILES string of the molecule is CCCN(Cc1ccccc1)c1cc(NC(=O)Cc2ccc(C#N)cc2)cc(-c2ccccc2-c2nn[nH]n2)n1. The molecule has 9 heteroatoms. The molecule has 40 heavy (non-hydrogen) atoms. The second-order valence-electron chi connectivity index (χ2n) is 9.32. The molecule has 0 fully saturated rings. The highest BCUT2D eigenvalue weighted by Gasteiger charge is 2.17. The molecule has 0 aliphatic rings. The number of H-pyrrole nitrogens is 1. The number of carbonyl (C=O) groups excluding carboxylic acids is 1. The van der Waals surface area contributed by atoms with Crippen LogP contribution in [0.3, 0.4) is 0 Å². The van der Waals surface area contributed by atoms with Crippen LogP contribution in [0.15, 0.2) is 91.0 Å². The third kappa shape index (κ3) is 6.37. The Balaban J connectivity index is 1.52. The van der Waals surface area contributed by atoms with Gasteiger partial charge in [-0.15, -0.1) is 10.2 Å². The molecule has 5 aromatic rings. The van der Waals surface area contributed by atoms with E-state index in [2.05, 4.69) is 56.0 Å². The highest BCUT2D eigenvalue weighted by molar-refractivity contribution is 5.93. The lowest BCUT2D eigenvalue weighted by Crippen LogP contribution is -2.25. The molecular weight excluding hydrogens is 500 g/mol. The third-order valence-electron chi connectivity index (χ3n) is 6.37. The monoisotopic (exact) mass is 528 g/mol. The Morgan fingerprint density at radius 2 is 1.70 bits per heavy atom. The number of carbonyl (C=O) groups is 1. The maximum Gasteiger partial charge on any atom is 0.228 e. The van der Waals surface area contributed by atoms with Gasteiger partial charge in [-0.05, 0) is 41.0 Å². The molecule has 2 N–H and O–H groups in total. The van der Waals surface area contributed by atoms with Crippen molar-refractivity contribution in [2.75, 3.05) is 16.8 Å². The van der Waals surface area contributed by atoms with Crippen molar-refractivity contribution < 1.29 is 4.79 Å². The molecule has 2 heterocycles. The van der Waals surface area contributed by atoms with Crippen molar-refractivity contribution in [3.05, 3.63) is 108 Å². The molecule has 0 unspecified atom stereocenters. The zero-order chi connectivity index (χ0) is 27.7. The van der Waals surface area contributed by atoms with E-state index in [0.717, 1.165) is 35.5 Å². The molecule has 5 rings (SSSR count). The molecule has 0 aliphatic heterocycles. The molecule has 0 radical (unpaired) electrons. The van der Waals surface area contributed by atoms with Crippen molar-refractivity contribution in [1.29, 1.82) is 5.26 Å². The van der Waals surface area contributed by atoms with Crippen LogP contribution in [0, 0.1) is 11.3 Å².